The third-order valence-electron chi connectivity index (χ3n) is 1.65. The molecule has 0 aromatic rings. The molecule has 78 valence electrons. The number of hydrogen-bond donors (Lipinski definition) is 0. The minimum absolute atomic E-state index is 0.350. The molecule has 0 aliphatic carbocycles. The molecule has 0 unspecified atom stereocenters. The standard InChI is InChI=1S/C9H14NO4/c1-9(2,3)14-8(12)10-5-6(10)7(11)13-4/h6H,4-5H2,1-3H3/q+1/t6-,10?/m0/s1. The second-order valence-electron chi connectivity index (χ2n) is 4.11. The Morgan fingerprint density at radius 3 is 2.50 bits per heavy atom. The van der Waals surface area contributed by atoms with Gasteiger partial charge >= 0.3 is 12.1 Å². The molecule has 0 spiro atoms. The van der Waals surface area contributed by atoms with Crippen molar-refractivity contribution in [2.45, 2.75) is 32.4 Å². The molecule has 5 heteroatoms. The Morgan fingerprint density at radius 2 is 2.07 bits per heavy atom. The molecule has 1 heterocycles. The molecule has 0 aromatic carbocycles. The fourth-order valence-electron chi connectivity index (χ4n) is 0.959. The van der Waals surface area contributed by atoms with Gasteiger partial charge in [0, 0.05) is 0 Å². The van der Waals surface area contributed by atoms with Crippen molar-refractivity contribution in [3.63, 3.8) is 0 Å². The van der Waals surface area contributed by atoms with Gasteiger partial charge in [0.1, 0.15) is 5.60 Å². The van der Waals surface area contributed by atoms with Gasteiger partial charge in [-0.1, -0.05) is 0 Å². The van der Waals surface area contributed by atoms with E-state index in [0.717, 1.165) is 0 Å². The highest BCUT2D eigenvalue weighted by atomic mass is 16.6. The van der Waals surface area contributed by atoms with Gasteiger partial charge < -0.3 is 4.74 Å². The fraction of sp³-hybridized carbons (Fsp3) is 0.667. The molecule has 1 fully saturated rings. The highest BCUT2D eigenvalue weighted by Crippen LogP contribution is 2.21. The van der Waals surface area contributed by atoms with Crippen molar-refractivity contribution in [2.24, 2.45) is 0 Å². The number of hydrogen-bond acceptors (Lipinski definition) is 3. The van der Waals surface area contributed by atoms with Crippen LogP contribution in [-0.4, -0.2) is 41.9 Å². The number of carbonyl (C=O) groups is 2. The number of amides is 1. The van der Waals surface area contributed by atoms with Crippen molar-refractivity contribution in [1.29, 1.82) is 0 Å². The first kappa shape index (κ1) is 10.7. The van der Waals surface area contributed by atoms with Gasteiger partial charge in [0.25, 0.3) is 0 Å². The maximum absolute atomic E-state index is 11.3. The summed E-state index contributed by atoms with van der Waals surface area (Å²) in [6.07, 6.45) is -0.493. The van der Waals surface area contributed by atoms with E-state index in [-0.39, 0.29) is 0 Å². The van der Waals surface area contributed by atoms with Gasteiger partial charge in [-0.2, -0.15) is 0 Å². The summed E-state index contributed by atoms with van der Waals surface area (Å²) in [6, 6.07) is -0.512. The molecule has 14 heavy (non-hydrogen) atoms. The molecule has 5 nitrogen and oxygen atoms in total. The summed E-state index contributed by atoms with van der Waals surface area (Å²) in [4.78, 5) is 23.5. The number of ether oxygens (including phenoxy) is 1. The molecular weight excluding hydrogens is 186 g/mol. The molecule has 1 amide bonds. The first-order chi connectivity index (χ1) is 6.35. The highest BCUT2D eigenvalue weighted by molar-refractivity contribution is 5.85. The van der Waals surface area contributed by atoms with Crippen LogP contribution in [0.5, 0.6) is 0 Å². The number of rotatable bonds is 1. The van der Waals surface area contributed by atoms with Gasteiger partial charge in [0.05, 0.1) is 11.3 Å². The van der Waals surface area contributed by atoms with Crippen molar-refractivity contribution in [1.82, 2.24) is 4.90 Å². The van der Waals surface area contributed by atoms with Gasteiger partial charge in [-0.3, -0.25) is 9.32 Å². The smallest absolute Gasteiger partial charge is 0.444 e. The van der Waals surface area contributed by atoms with Crippen LogP contribution >= 0.6 is 0 Å². The Bertz CT molecular complexity index is 279. The predicted molar refractivity (Wildman–Crippen MR) is 48.9 cm³/mol. The average Bonchev–Trinajstić information content (AvgIpc) is 2.78. The quantitative estimate of drug-likeness (QED) is 0.457. The van der Waals surface area contributed by atoms with Crippen molar-refractivity contribution < 1.29 is 18.8 Å². The number of carbonyl (C=O) groups excluding carboxylic acids is 3. The minimum Gasteiger partial charge on any atom is -0.444 e. The lowest BCUT2D eigenvalue weighted by Crippen LogP contribution is -2.29. The zero-order valence-electron chi connectivity index (χ0n) is 8.57. The molecule has 1 aliphatic rings. The largest absolute Gasteiger partial charge is 0.603 e. The maximum atomic E-state index is 11.3. The maximum Gasteiger partial charge on any atom is 0.603 e. The van der Waals surface area contributed by atoms with Crippen LogP contribution in [0.15, 0.2) is 0 Å². The van der Waals surface area contributed by atoms with Crippen molar-refractivity contribution >= 4 is 18.9 Å². The third kappa shape index (κ3) is 2.55. The molecular formula is C9H14NO4+. The zero-order valence-corrected chi connectivity index (χ0v) is 8.57. The molecule has 1 saturated heterocycles. The van der Waals surface area contributed by atoms with E-state index in [0.29, 0.717) is 6.54 Å². The van der Waals surface area contributed by atoms with E-state index < -0.39 is 23.7 Å². The average molecular weight is 200 g/mol. The van der Waals surface area contributed by atoms with Gasteiger partial charge in [-0.05, 0) is 20.8 Å². The monoisotopic (exact) mass is 200 g/mol. The van der Waals surface area contributed by atoms with Gasteiger partial charge in [0.15, 0.2) is 6.79 Å². The molecule has 0 radical (unpaired) electrons. The Balaban J connectivity index is 2.44. The summed E-state index contributed by atoms with van der Waals surface area (Å²) < 4.78 is 9.29. The lowest BCUT2D eigenvalue weighted by Gasteiger charge is -2.19. The normalized spacial score (nSPS) is 20.2. The van der Waals surface area contributed by atoms with Crippen LogP contribution in [0.25, 0.3) is 0 Å². The lowest BCUT2D eigenvalue weighted by molar-refractivity contribution is -0.368. The summed E-state index contributed by atoms with van der Waals surface area (Å²) in [5.41, 5.74) is -0.543. The molecule has 0 saturated carbocycles. The number of nitrogens with zero attached hydrogens (tertiary/aromatic N) is 1. The lowest BCUT2D eigenvalue weighted by atomic mass is 10.2. The van der Waals surface area contributed by atoms with Gasteiger partial charge in [-0.15, -0.1) is 0 Å². The van der Waals surface area contributed by atoms with Crippen LogP contribution in [0.2, 0.25) is 0 Å². The summed E-state index contributed by atoms with van der Waals surface area (Å²) in [7, 11) is 0. The first-order valence-electron chi connectivity index (χ1n) is 4.30. The van der Waals surface area contributed by atoms with Crippen LogP contribution in [0.4, 0.5) is 4.79 Å². The summed E-state index contributed by atoms with van der Waals surface area (Å²) in [5, 5.41) is 0. The molecule has 1 atom stereocenters. The summed E-state index contributed by atoms with van der Waals surface area (Å²) >= 11 is 0. The summed E-state index contributed by atoms with van der Waals surface area (Å²) in [5.74, 6) is -0.504. The Morgan fingerprint density at radius 1 is 1.50 bits per heavy atom. The SMILES string of the molecule is C=[O+]C(=O)[C@@H]1CN1C(=O)OC(C)(C)C. The van der Waals surface area contributed by atoms with Gasteiger partial charge in [-0.25, -0.2) is 4.79 Å². The first-order valence-corrected chi connectivity index (χ1v) is 4.30. The Hall–Kier alpha value is -1.39. The topological polar surface area (TPSA) is 57.7 Å². The molecule has 0 bridgehead atoms. The van der Waals surface area contributed by atoms with Gasteiger partial charge in [0.2, 0.25) is 6.04 Å². The van der Waals surface area contributed by atoms with E-state index in [4.69, 9.17) is 4.74 Å². The van der Waals surface area contributed by atoms with E-state index in [2.05, 4.69) is 11.2 Å². The Kier molecular flexibility index (Phi) is 2.59. The van der Waals surface area contributed by atoms with E-state index in [9.17, 15) is 9.59 Å². The molecule has 0 N–H and O–H groups in total. The highest BCUT2D eigenvalue weighted by Gasteiger charge is 2.53. The minimum atomic E-state index is -0.543. The van der Waals surface area contributed by atoms with Crippen LogP contribution in [0, 0.1) is 0 Å². The van der Waals surface area contributed by atoms with Crippen molar-refractivity contribution in [3.05, 3.63) is 0 Å². The van der Waals surface area contributed by atoms with Crippen LogP contribution < -0.4 is 0 Å². The van der Waals surface area contributed by atoms with E-state index >= 15 is 0 Å². The fourth-order valence-corrected chi connectivity index (χ4v) is 0.959. The third-order valence-corrected chi connectivity index (χ3v) is 1.65. The van der Waals surface area contributed by atoms with E-state index in [1.165, 1.54) is 4.90 Å². The van der Waals surface area contributed by atoms with Crippen LogP contribution in [0.1, 0.15) is 20.8 Å². The zero-order chi connectivity index (χ0) is 10.9. The Labute approximate surface area is 82.3 Å². The molecule has 0 aromatic heterocycles. The van der Waals surface area contributed by atoms with Crippen molar-refractivity contribution in [2.75, 3.05) is 6.54 Å². The van der Waals surface area contributed by atoms with E-state index in [1.807, 2.05) is 0 Å². The van der Waals surface area contributed by atoms with Crippen LogP contribution in [-0.2, 0) is 14.0 Å². The van der Waals surface area contributed by atoms with Crippen LogP contribution in [0.3, 0.4) is 0 Å². The van der Waals surface area contributed by atoms with Crippen molar-refractivity contribution in [3.8, 4) is 0 Å². The summed E-state index contributed by atoms with van der Waals surface area (Å²) in [6.45, 7) is 8.64. The molecule has 1 rings (SSSR count). The molecule has 1 aliphatic heterocycles. The predicted octanol–water partition coefficient (Wildman–Crippen LogP) is 0.497. The second-order valence-corrected chi connectivity index (χ2v) is 4.11. The van der Waals surface area contributed by atoms with E-state index in [1.54, 1.807) is 20.8 Å². The second kappa shape index (κ2) is 3.40.